The van der Waals surface area contributed by atoms with E-state index in [2.05, 4.69) is 19.2 Å². The Balaban J connectivity index is 3.64. The van der Waals surface area contributed by atoms with Gasteiger partial charge in [0.1, 0.15) is 6.04 Å². The molecule has 4 nitrogen and oxygen atoms in total. The van der Waals surface area contributed by atoms with E-state index < -0.39 is 12.0 Å². The van der Waals surface area contributed by atoms with Crippen LogP contribution < -0.4 is 5.32 Å². The lowest BCUT2D eigenvalue weighted by molar-refractivity contribution is -0.140. The van der Waals surface area contributed by atoms with Gasteiger partial charge in [0.15, 0.2) is 0 Å². The normalized spacial score (nSPS) is 13.4. The molecule has 0 heterocycles. The standard InChI is InChI=1S/C12H25NO3/c1-9(2)7-11(12(14)15)13-5-6-16-8-10(3)4/h9-11,13H,5-8H2,1-4H3,(H,14,15). The van der Waals surface area contributed by atoms with E-state index in [0.717, 1.165) is 6.61 Å². The van der Waals surface area contributed by atoms with Gasteiger partial charge in [-0.25, -0.2) is 0 Å². The summed E-state index contributed by atoms with van der Waals surface area (Å²) in [7, 11) is 0. The van der Waals surface area contributed by atoms with Crippen LogP contribution in [0.1, 0.15) is 34.1 Å². The van der Waals surface area contributed by atoms with Crippen molar-refractivity contribution in [1.82, 2.24) is 5.32 Å². The first-order valence-corrected chi connectivity index (χ1v) is 5.97. The van der Waals surface area contributed by atoms with Crippen LogP contribution in [0.25, 0.3) is 0 Å². The van der Waals surface area contributed by atoms with Gasteiger partial charge in [-0.1, -0.05) is 27.7 Å². The Hall–Kier alpha value is -0.610. The van der Waals surface area contributed by atoms with Gasteiger partial charge in [-0.3, -0.25) is 4.79 Å². The van der Waals surface area contributed by atoms with Gasteiger partial charge in [0.2, 0.25) is 0 Å². The molecule has 0 rings (SSSR count). The summed E-state index contributed by atoms with van der Waals surface area (Å²) < 4.78 is 5.37. The molecule has 0 fully saturated rings. The fraction of sp³-hybridized carbons (Fsp3) is 0.917. The number of hydrogen-bond donors (Lipinski definition) is 2. The number of carboxylic acid groups (broad SMARTS) is 1. The molecule has 0 bridgehead atoms. The molecular weight excluding hydrogens is 206 g/mol. The minimum absolute atomic E-state index is 0.380. The highest BCUT2D eigenvalue weighted by Crippen LogP contribution is 2.04. The topological polar surface area (TPSA) is 58.6 Å². The van der Waals surface area contributed by atoms with Crippen molar-refractivity contribution in [2.45, 2.75) is 40.2 Å². The van der Waals surface area contributed by atoms with Gasteiger partial charge in [0.05, 0.1) is 6.61 Å². The zero-order valence-electron chi connectivity index (χ0n) is 10.8. The molecule has 0 aromatic rings. The summed E-state index contributed by atoms with van der Waals surface area (Å²) in [6, 6.07) is -0.456. The second-order valence-corrected chi connectivity index (χ2v) is 4.94. The lowest BCUT2D eigenvalue weighted by Gasteiger charge is -2.16. The van der Waals surface area contributed by atoms with Crippen LogP contribution in [-0.4, -0.2) is 36.9 Å². The lowest BCUT2D eigenvalue weighted by atomic mass is 10.0. The lowest BCUT2D eigenvalue weighted by Crippen LogP contribution is -2.39. The number of ether oxygens (including phenoxy) is 1. The van der Waals surface area contributed by atoms with Crippen LogP contribution in [0.5, 0.6) is 0 Å². The molecule has 0 radical (unpaired) electrons. The first-order valence-electron chi connectivity index (χ1n) is 5.97. The van der Waals surface area contributed by atoms with E-state index in [1.807, 2.05) is 13.8 Å². The van der Waals surface area contributed by atoms with Crippen LogP contribution in [0, 0.1) is 11.8 Å². The first kappa shape index (κ1) is 15.4. The number of aliphatic carboxylic acids is 1. The summed E-state index contributed by atoms with van der Waals surface area (Å²) >= 11 is 0. The minimum atomic E-state index is -0.780. The largest absolute Gasteiger partial charge is 0.480 e. The van der Waals surface area contributed by atoms with Crippen molar-refractivity contribution in [3.63, 3.8) is 0 Å². The molecule has 4 heteroatoms. The minimum Gasteiger partial charge on any atom is -0.480 e. The molecule has 0 saturated heterocycles. The van der Waals surface area contributed by atoms with Gasteiger partial charge in [0.25, 0.3) is 0 Å². The monoisotopic (exact) mass is 231 g/mol. The molecule has 2 N–H and O–H groups in total. The van der Waals surface area contributed by atoms with Crippen LogP contribution in [0.2, 0.25) is 0 Å². The summed E-state index contributed by atoms with van der Waals surface area (Å²) in [4.78, 5) is 10.9. The van der Waals surface area contributed by atoms with Crippen LogP contribution >= 0.6 is 0 Å². The van der Waals surface area contributed by atoms with E-state index in [-0.39, 0.29) is 0 Å². The van der Waals surface area contributed by atoms with Gasteiger partial charge in [-0.15, -0.1) is 0 Å². The molecule has 0 aliphatic heterocycles. The zero-order chi connectivity index (χ0) is 12.6. The van der Waals surface area contributed by atoms with Crippen LogP contribution in [0.3, 0.4) is 0 Å². The highest BCUT2D eigenvalue weighted by Gasteiger charge is 2.17. The average molecular weight is 231 g/mol. The molecule has 1 unspecified atom stereocenters. The number of nitrogens with one attached hydrogen (secondary N) is 1. The fourth-order valence-electron chi connectivity index (χ4n) is 1.37. The van der Waals surface area contributed by atoms with Gasteiger partial charge in [0, 0.05) is 13.2 Å². The van der Waals surface area contributed by atoms with Crippen LogP contribution in [-0.2, 0) is 9.53 Å². The summed E-state index contributed by atoms with van der Waals surface area (Å²) in [5.41, 5.74) is 0. The maximum absolute atomic E-state index is 10.9. The molecule has 96 valence electrons. The summed E-state index contributed by atoms with van der Waals surface area (Å²) in [6.07, 6.45) is 0.652. The number of rotatable bonds is 9. The highest BCUT2D eigenvalue weighted by molar-refractivity contribution is 5.73. The molecule has 16 heavy (non-hydrogen) atoms. The Labute approximate surface area is 98.4 Å². The third kappa shape index (κ3) is 8.68. The average Bonchev–Trinajstić information content (AvgIpc) is 2.14. The molecule has 1 atom stereocenters. The van der Waals surface area contributed by atoms with Crippen molar-refractivity contribution in [3.8, 4) is 0 Å². The van der Waals surface area contributed by atoms with E-state index in [1.54, 1.807) is 0 Å². The van der Waals surface area contributed by atoms with E-state index in [4.69, 9.17) is 9.84 Å². The van der Waals surface area contributed by atoms with Gasteiger partial charge in [-0.05, 0) is 18.3 Å². The predicted octanol–water partition coefficient (Wildman–Crippen LogP) is 1.75. The van der Waals surface area contributed by atoms with Gasteiger partial charge in [-0.2, -0.15) is 0 Å². The van der Waals surface area contributed by atoms with Gasteiger partial charge >= 0.3 is 5.97 Å². The highest BCUT2D eigenvalue weighted by atomic mass is 16.5. The summed E-state index contributed by atoms with van der Waals surface area (Å²) in [6.45, 7) is 10.1. The zero-order valence-corrected chi connectivity index (χ0v) is 10.8. The number of carbonyl (C=O) groups is 1. The van der Waals surface area contributed by atoms with Gasteiger partial charge < -0.3 is 15.2 Å². The molecular formula is C12H25NO3. The van der Waals surface area contributed by atoms with Crippen molar-refractivity contribution < 1.29 is 14.6 Å². The van der Waals surface area contributed by atoms with Crippen LogP contribution in [0.4, 0.5) is 0 Å². The second kappa shape index (κ2) is 8.53. The molecule has 0 spiro atoms. The third-order valence-corrected chi connectivity index (χ3v) is 2.09. The predicted molar refractivity (Wildman–Crippen MR) is 64.5 cm³/mol. The van der Waals surface area contributed by atoms with Crippen molar-refractivity contribution in [3.05, 3.63) is 0 Å². The van der Waals surface area contributed by atoms with Crippen LogP contribution in [0.15, 0.2) is 0 Å². The Bertz CT molecular complexity index is 193. The van der Waals surface area contributed by atoms with E-state index >= 15 is 0 Å². The second-order valence-electron chi connectivity index (χ2n) is 4.94. The smallest absolute Gasteiger partial charge is 0.320 e. The molecule has 0 aliphatic rings. The SMILES string of the molecule is CC(C)COCCNC(CC(C)C)C(=O)O. The molecule has 0 saturated carbocycles. The molecule has 0 aromatic heterocycles. The van der Waals surface area contributed by atoms with Crippen molar-refractivity contribution in [1.29, 1.82) is 0 Å². The van der Waals surface area contributed by atoms with Crippen molar-refractivity contribution in [2.24, 2.45) is 11.8 Å². The summed E-state index contributed by atoms with van der Waals surface area (Å²) in [5, 5.41) is 12.0. The Kier molecular flexibility index (Phi) is 8.21. The van der Waals surface area contributed by atoms with E-state index in [1.165, 1.54) is 0 Å². The van der Waals surface area contributed by atoms with Crippen molar-refractivity contribution in [2.75, 3.05) is 19.8 Å². The van der Waals surface area contributed by atoms with E-state index in [9.17, 15) is 4.79 Å². The Morgan fingerprint density at radius 2 is 1.88 bits per heavy atom. The number of carboxylic acids is 1. The molecule has 0 aliphatic carbocycles. The quantitative estimate of drug-likeness (QED) is 0.594. The van der Waals surface area contributed by atoms with Crippen molar-refractivity contribution >= 4 is 5.97 Å². The first-order chi connectivity index (χ1) is 7.43. The van der Waals surface area contributed by atoms with E-state index in [0.29, 0.717) is 31.4 Å². The Morgan fingerprint density at radius 1 is 1.25 bits per heavy atom. The third-order valence-electron chi connectivity index (χ3n) is 2.09. The fourth-order valence-corrected chi connectivity index (χ4v) is 1.37. The molecule has 0 aromatic carbocycles. The number of hydrogen-bond acceptors (Lipinski definition) is 3. The maximum atomic E-state index is 10.9. The summed E-state index contributed by atoms with van der Waals surface area (Å²) in [5.74, 6) is 0.119. The Morgan fingerprint density at radius 3 is 2.31 bits per heavy atom. The maximum Gasteiger partial charge on any atom is 0.320 e. The molecule has 0 amide bonds.